The van der Waals surface area contributed by atoms with E-state index in [-0.39, 0.29) is 27.3 Å². The summed E-state index contributed by atoms with van der Waals surface area (Å²) in [6.07, 6.45) is 0.763. The predicted octanol–water partition coefficient (Wildman–Crippen LogP) is 1.77. The molecule has 0 aromatic carbocycles. The first-order valence-corrected chi connectivity index (χ1v) is 8.38. The maximum Gasteiger partial charge on any atom is 0.348 e. The van der Waals surface area contributed by atoms with Crippen LogP contribution in [0.2, 0.25) is 0 Å². The Bertz CT molecular complexity index is 724. The molecule has 2 atom stereocenters. The number of esters is 3. The van der Waals surface area contributed by atoms with Crippen molar-refractivity contribution in [3.8, 4) is 0 Å². The molecular weight excluding hydrogens is 350 g/mol. The Kier molecular flexibility index (Phi) is 5.78. The number of hydrogen-bond donors (Lipinski definition) is 1. The van der Waals surface area contributed by atoms with Gasteiger partial charge in [0, 0.05) is 0 Å². The average molecular weight is 369 g/mol. The summed E-state index contributed by atoms with van der Waals surface area (Å²) in [5.74, 6) is -2.19. The molecule has 1 aromatic heterocycles. The van der Waals surface area contributed by atoms with Crippen molar-refractivity contribution in [3.63, 3.8) is 0 Å². The number of carbonyl (C=O) groups is 4. The molecule has 1 aromatic rings. The number of methoxy groups -OCH3 is 2. The fourth-order valence-corrected chi connectivity index (χ4v) is 3.42. The summed E-state index contributed by atoms with van der Waals surface area (Å²) in [5, 5.41) is 2.63. The quantitative estimate of drug-likeness (QED) is 0.601. The van der Waals surface area contributed by atoms with Gasteiger partial charge in [-0.15, -0.1) is 11.3 Å². The van der Waals surface area contributed by atoms with E-state index in [1.807, 2.05) is 6.92 Å². The Hall–Kier alpha value is -2.42. The molecule has 0 unspecified atom stereocenters. The Labute approximate surface area is 148 Å². The third-order valence-corrected chi connectivity index (χ3v) is 5.11. The lowest BCUT2D eigenvalue weighted by molar-refractivity contribution is -0.148. The molecule has 1 amide bonds. The highest BCUT2D eigenvalue weighted by Gasteiger charge is 2.40. The Morgan fingerprint density at radius 1 is 1.16 bits per heavy atom. The molecule has 1 aliphatic carbocycles. The normalized spacial score (nSPS) is 18.2. The fourth-order valence-electron chi connectivity index (χ4n) is 2.29. The van der Waals surface area contributed by atoms with Gasteiger partial charge < -0.3 is 19.5 Å². The number of thiophene rings is 1. The summed E-state index contributed by atoms with van der Waals surface area (Å²) in [6.45, 7) is 3.02. The van der Waals surface area contributed by atoms with Crippen molar-refractivity contribution in [1.29, 1.82) is 0 Å². The molecule has 9 heteroatoms. The summed E-state index contributed by atoms with van der Waals surface area (Å²) >= 11 is 0.896. The molecule has 0 saturated heterocycles. The second-order valence-corrected chi connectivity index (χ2v) is 6.74. The second kappa shape index (κ2) is 7.64. The first kappa shape index (κ1) is 18.9. The molecule has 0 aliphatic heterocycles. The zero-order valence-corrected chi connectivity index (χ0v) is 15.2. The van der Waals surface area contributed by atoms with Crippen molar-refractivity contribution in [2.75, 3.05) is 26.1 Å². The lowest BCUT2D eigenvalue weighted by atomic mass is 10.1. The second-order valence-electron chi connectivity index (χ2n) is 5.72. The lowest BCUT2D eigenvalue weighted by Crippen LogP contribution is -2.22. The lowest BCUT2D eigenvalue weighted by Gasteiger charge is -2.07. The third-order valence-electron chi connectivity index (χ3n) is 3.92. The van der Waals surface area contributed by atoms with Gasteiger partial charge >= 0.3 is 17.9 Å². The summed E-state index contributed by atoms with van der Waals surface area (Å²) < 4.78 is 14.3. The number of amides is 1. The zero-order valence-electron chi connectivity index (χ0n) is 14.3. The maximum absolute atomic E-state index is 12.0. The Balaban J connectivity index is 2.11. The van der Waals surface area contributed by atoms with Gasteiger partial charge in [-0.1, -0.05) is 6.92 Å². The summed E-state index contributed by atoms with van der Waals surface area (Å²) in [6, 6.07) is 0. The van der Waals surface area contributed by atoms with E-state index in [9.17, 15) is 19.2 Å². The van der Waals surface area contributed by atoms with Gasteiger partial charge in [0.25, 0.3) is 5.91 Å². The summed E-state index contributed by atoms with van der Waals surface area (Å²) in [4.78, 5) is 47.6. The molecule has 1 saturated carbocycles. The molecule has 0 bridgehead atoms. The molecular formula is C16H19NO7S. The molecule has 1 heterocycles. The molecule has 1 N–H and O–H groups in total. The van der Waals surface area contributed by atoms with E-state index >= 15 is 0 Å². The molecule has 1 fully saturated rings. The van der Waals surface area contributed by atoms with Crippen LogP contribution in [0.15, 0.2) is 0 Å². The predicted molar refractivity (Wildman–Crippen MR) is 88.6 cm³/mol. The first-order valence-electron chi connectivity index (χ1n) is 7.56. The van der Waals surface area contributed by atoms with Crippen molar-refractivity contribution >= 4 is 40.2 Å². The number of anilines is 1. The smallest absolute Gasteiger partial charge is 0.348 e. The number of nitrogens with one attached hydrogen (secondary N) is 1. The van der Waals surface area contributed by atoms with Crippen LogP contribution in [0.3, 0.4) is 0 Å². The summed E-state index contributed by atoms with van der Waals surface area (Å²) in [7, 11) is 2.41. The van der Waals surface area contributed by atoms with E-state index in [2.05, 4.69) is 10.1 Å². The van der Waals surface area contributed by atoms with Crippen LogP contribution >= 0.6 is 11.3 Å². The van der Waals surface area contributed by atoms with Crippen LogP contribution in [0, 0.1) is 18.8 Å². The number of rotatable bonds is 6. The minimum absolute atomic E-state index is 0.0726. The van der Waals surface area contributed by atoms with E-state index < -0.39 is 30.4 Å². The van der Waals surface area contributed by atoms with Gasteiger partial charge in [0.05, 0.1) is 25.7 Å². The summed E-state index contributed by atoms with van der Waals surface area (Å²) in [5.41, 5.74) is 0.422. The SMILES string of the molecule is COC(=O)c1sc(NC(=O)COC(=O)[C@H]2C[C@@H]2C)c(C(=O)OC)c1C. The van der Waals surface area contributed by atoms with Crippen LogP contribution in [0.5, 0.6) is 0 Å². The van der Waals surface area contributed by atoms with Gasteiger partial charge in [-0.05, 0) is 24.8 Å². The van der Waals surface area contributed by atoms with Crippen LogP contribution in [0.25, 0.3) is 0 Å². The van der Waals surface area contributed by atoms with E-state index in [1.54, 1.807) is 6.92 Å². The van der Waals surface area contributed by atoms with Crippen molar-refractivity contribution in [1.82, 2.24) is 0 Å². The largest absolute Gasteiger partial charge is 0.465 e. The number of carbonyl (C=O) groups excluding carboxylic acids is 4. The monoisotopic (exact) mass is 369 g/mol. The molecule has 8 nitrogen and oxygen atoms in total. The molecule has 136 valence electrons. The minimum Gasteiger partial charge on any atom is -0.465 e. The molecule has 25 heavy (non-hydrogen) atoms. The highest BCUT2D eigenvalue weighted by atomic mass is 32.1. The van der Waals surface area contributed by atoms with Crippen molar-refractivity contribution < 1.29 is 33.4 Å². The maximum atomic E-state index is 12.0. The fraction of sp³-hybridized carbons (Fsp3) is 0.500. The topological polar surface area (TPSA) is 108 Å². The van der Waals surface area contributed by atoms with Gasteiger partial charge in [-0.25, -0.2) is 9.59 Å². The molecule has 0 radical (unpaired) electrons. The zero-order chi connectivity index (χ0) is 18.7. The Morgan fingerprint density at radius 3 is 2.28 bits per heavy atom. The Morgan fingerprint density at radius 2 is 1.76 bits per heavy atom. The van der Waals surface area contributed by atoms with Crippen LogP contribution in [0.4, 0.5) is 5.00 Å². The van der Waals surface area contributed by atoms with Crippen LogP contribution in [-0.4, -0.2) is 44.6 Å². The van der Waals surface area contributed by atoms with E-state index in [1.165, 1.54) is 14.2 Å². The van der Waals surface area contributed by atoms with Gasteiger partial charge in [-0.3, -0.25) is 9.59 Å². The minimum atomic E-state index is -0.692. The standard InChI is InChI=1S/C16H19NO7S/c1-7-5-9(7)14(19)24-6-10(18)17-13-11(15(20)22-3)8(2)12(25-13)16(21)23-4/h7,9H,5-6H2,1-4H3,(H,17,18)/t7-,9-/m0/s1. The van der Waals surface area contributed by atoms with Crippen LogP contribution in [-0.2, 0) is 23.8 Å². The van der Waals surface area contributed by atoms with Gasteiger partial charge in [-0.2, -0.15) is 0 Å². The highest BCUT2D eigenvalue weighted by Crippen LogP contribution is 2.38. The molecule has 1 aliphatic rings. The van der Waals surface area contributed by atoms with Gasteiger partial charge in [0.2, 0.25) is 0 Å². The third kappa shape index (κ3) is 4.16. The first-order chi connectivity index (χ1) is 11.8. The van der Waals surface area contributed by atoms with Crippen LogP contribution < -0.4 is 5.32 Å². The molecule has 2 rings (SSSR count). The van der Waals surface area contributed by atoms with Crippen molar-refractivity contribution in [2.45, 2.75) is 20.3 Å². The van der Waals surface area contributed by atoms with Gasteiger partial charge in [0.1, 0.15) is 9.88 Å². The van der Waals surface area contributed by atoms with E-state index in [0.29, 0.717) is 5.56 Å². The van der Waals surface area contributed by atoms with E-state index in [4.69, 9.17) is 9.47 Å². The number of ether oxygens (including phenoxy) is 3. The number of hydrogen-bond acceptors (Lipinski definition) is 8. The molecule has 0 spiro atoms. The van der Waals surface area contributed by atoms with Crippen molar-refractivity contribution in [3.05, 3.63) is 16.0 Å². The van der Waals surface area contributed by atoms with Gasteiger partial charge in [0.15, 0.2) is 6.61 Å². The average Bonchev–Trinajstić information content (AvgIpc) is 3.24. The van der Waals surface area contributed by atoms with Crippen LogP contribution in [0.1, 0.15) is 38.9 Å². The highest BCUT2D eigenvalue weighted by molar-refractivity contribution is 7.18. The van der Waals surface area contributed by atoms with E-state index in [0.717, 1.165) is 17.8 Å². The van der Waals surface area contributed by atoms with Crippen molar-refractivity contribution in [2.24, 2.45) is 11.8 Å².